The molecule has 0 fully saturated rings. The quantitative estimate of drug-likeness (QED) is 0.477. The first kappa shape index (κ1) is 10.6. The van der Waals surface area contributed by atoms with Crippen LogP contribution in [0.2, 0.25) is 0 Å². The number of nitrogens with zero attached hydrogens (tertiary/aromatic N) is 1. The van der Waals surface area contributed by atoms with Crippen LogP contribution in [0.3, 0.4) is 0 Å². The van der Waals surface area contributed by atoms with E-state index in [1.165, 1.54) is 12.1 Å². The Morgan fingerprint density at radius 1 is 1.36 bits per heavy atom. The molecule has 1 aromatic carbocycles. The van der Waals surface area contributed by atoms with Crippen molar-refractivity contribution in [1.29, 1.82) is 0 Å². The molecule has 0 bridgehead atoms. The summed E-state index contributed by atoms with van der Waals surface area (Å²) in [6.07, 6.45) is 0. The molecule has 0 aliphatic carbocycles. The van der Waals surface area contributed by atoms with Gasteiger partial charge in [0.2, 0.25) is 0 Å². The van der Waals surface area contributed by atoms with Crippen LogP contribution in [0, 0.1) is 10.1 Å². The molecule has 1 aromatic rings. The van der Waals surface area contributed by atoms with E-state index in [0.29, 0.717) is 0 Å². The summed E-state index contributed by atoms with van der Waals surface area (Å²) in [7, 11) is 0. The molecule has 0 amide bonds. The molecule has 0 heterocycles. The normalized spacial score (nSPS) is 10.9. The monoisotopic (exact) mass is 267 g/mol. The fraction of sp³-hybridized carbons (Fsp3) is 0. The molecule has 0 saturated carbocycles. The minimum atomic E-state index is -5.45. The van der Waals surface area contributed by atoms with Crippen molar-refractivity contribution < 1.29 is 20.6 Å². The van der Waals surface area contributed by atoms with Crippen LogP contribution in [0.25, 0.3) is 0 Å². The number of benzene rings is 1. The third kappa shape index (κ3) is 2.77. The fourth-order valence-corrected chi connectivity index (χ4v) is 1.56. The summed E-state index contributed by atoms with van der Waals surface area (Å²) < 4.78 is 33.1. The van der Waals surface area contributed by atoms with E-state index in [2.05, 4.69) is 3.82 Å². The SMILES string of the molecule is O=[N+]([O-])c1ccccc1O[Se](=O)(=O)O. The molecule has 7 nitrogen and oxygen atoms in total. The van der Waals surface area contributed by atoms with Gasteiger partial charge in [-0.15, -0.1) is 0 Å². The summed E-state index contributed by atoms with van der Waals surface area (Å²) >= 11 is -5.45. The van der Waals surface area contributed by atoms with Crippen LogP contribution in [0.15, 0.2) is 24.3 Å². The van der Waals surface area contributed by atoms with Crippen molar-refractivity contribution in [3.8, 4) is 5.75 Å². The number of rotatable bonds is 3. The first-order valence-corrected chi connectivity index (χ1v) is 6.17. The second kappa shape index (κ2) is 3.70. The maximum absolute atomic E-state index is 10.4. The molecular formula is C6H5NO6Se. The zero-order valence-electron chi connectivity index (χ0n) is 6.65. The van der Waals surface area contributed by atoms with E-state index in [4.69, 9.17) is 4.19 Å². The molecule has 1 N–H and O–H groups in total. The number of hydrogen-bond acceptors (Lipinski definition) is 5. The van der Waals surface area contributed by atoms with Gasteiger partial charge < -0.3 is 0 Å². The van der Waals surface area contributed by atoms with Gasteiger partial charge in [0, 0.05) is 0 Å². The summed E-state index contributed by atoms with van der Waals surface area (Å²) in [5, 5.41) is 10.4. The molecule has 0 saturated heterocycles. The molecule has 8 heteroatoms. The topological polar surface area (TPSA) is 107 Å². The molecule has 0 aromatic heterocycles. The van der Waals surface area contributed by atoms with Crippen molar-refractivity contribution in [3.05, 3.63) is 34.4 Å². The van der Waals surface area contributed by atoms with Crippen molar-refractivity contribution >= 4 is 19.1 Å². The number of nitro groups is 1. The van der Waals surface area contributed by atoms with Crippen LogP contribution in [0.5, 0.6) is 5.75 Å². The Bertz CT molecular complexity index is 453. The van der Waals surface area contributed by atoms with Crippen molar-refractivity contribution in [2.45, 2.75) is 0 Å². The second-order valence-corrected chi connectivity index (χ2v) is 4.38. The van der Waals surface area contributed by atoms with Crippen molar-refractivity contribution in [3.63, 3.8) is 0 Å². The summed E-state index contributed by atoms with van der Waals surface area (Å²) in [6, 6.07) is 4.85. The molecular weight excluding hydrogens is 261 g/mol. The van der Waals surface area contributed by atoms with Crippen LogP contribution in [-0.4, -0.2) is 22.5 Å². The predicted octanol–water partition coefficient (Wildman–Crippen LogP) is 0.262. The van der Waals surface area contributed by atoms with E-state index in [9.17, 15) is 17.8 Å². The van der Waals surface area contributed by atoms with E-state index in [1.54, 1.807) is 0 Å². The van der Waals surface area contributed by atoms with Gasteiger partial charge in [-0.2, -0.15) is 0 Å². The van der Waals surface area contributed by atoms with Crippen molar-refractivity contribution in [1.82, 2.24) is 0 Å². The van der Waals surface area contributed by atoms with Gasteiger partial charge in [0.25, 0.3) is 0 Å². The average Bonchev–Trinajstić information content (AvgIpc) is 2.01. The van der Waals surface area contributed by atoms with E-state index >= 15 is 0 Å². The standard InChI is InChI=1S/C6H5NO6Se/c8-7(9)5-3-1-2-4-6(5)13-14(10,11)12/h1-4H,(H,10,11,12). The van der Waals surface area contributed by atoms with Crippen molar-refractivity contribution in [2.75, 3.05) is 0 Å². The molecule has 0 unspecified atom stereocenters. The zero-order valence-corrected chi connectivity index (χ0v) is 8.37. The van der Waals surface area contributed by atoms with Crippen LogP contribution < -0.4 is 3.82 Å². The third-order valence-electron chi connectivity index (χ3n) is 1.26. The molecule has 0 radical (unpaired) electrons. The van der Waals surface area contributed by atoms with Crippen LogP contribution >= 0.6 is 0 Å². The molecule has 0 atom stereocenters. The summed E-state index contributed by atoms with van der Waals surface area (Å²) in [6.45, 7) is 0. The van der Waals surface area contributed by atoms with Gasteiger partial charge in [-0.25, -0.2) is 0 Å². The van der Waals surface area contributed by atoms with E-state index < -0.39 is 29.7 Å². The minimum absolute atomic E-state index is 0.495. The molecule has 0 aliphatic heterocycles. The number of para-hydroxylation sites is 2. The number of nitro benzene ring substituents is 1. The van der Waals surface area contributed by atoms with Crippen LogP contribution in [0.1, 0.15) is 0 Å². The maximum atomic E-state index is 10.4. The Kier molecular flexibility index (Phi) is 2.80. The molecule has 14 heavy (non-hydrogen) atoms. The van der Waals surface area contributed by atoms with Crippen LogP contribution in [0.4, 0.5) is 5.69 Å². The van der Waals surface area contributed by atoms with E-state index in [-0.39, 0.29) is 0 Å². The molecule has 0 aliphatic rings. The number of hydrogen-bond donors (Lipinski definition) is 1. The Morgan fingerprint density at radius 3 is 2.43 bits per heavy atom. The Balaban J connectivity index is 3.15. The van der Waals surface area contributed by atoms with Gasteiger partial charge in [0.05, 0.1) is 0 Å². The summed E-state index contributed by atoms with van der Waals surface area (Å²) in [4.78, 5) is 9.56. The zero-order chi connectivity index (χ0) is 10.8. The fourth-order valence-electron chi connectivity index (χ4n) is 0.792. The van der Waals surface area contributed by atoms with Gasteiger partial charge in [0.1, 0.15) is 0 Å². The summed E-state index contributed by atoms with van der Waals surface area (Å²) in [5.41, 5.74) is -0.519. The molecule has 76 valence electrons. The molecule has 0 spiro atoms. The predicted molar refractivity (Wildman–Crippen MR) is 43.1 cm³/mol. The van der Waals surface area contributed by atoms with Gasteiger partial charge in [0.15, 0.2) is 0 Å². The third-order valence-corrected chi connectivity index (χ3v) is 2.08. The van der Waals surface area contributed by atoms with Gasteiger partial charge in [-0.05, 0) is 0 Å². The Labute approximate surface area is 80.4 Å². The van der Waals surface area contributed by atoms with Crippen LogP contribution in [-0.2, 0) is 7.67 Å². The Morgan fingerprint density at radius 2 is 1.93 bits per heavy atom. The molecule has 1 rings (SSSR count). The van der Waals surface area contributed by atoms with E-state index in [1.807, 2.05) is 0 Å². The summed E-state index contributed by atoms with van der Waals surface area (Å²) in [5.74, 6) is -0.495. The van der Waals surface area contributed by atoms with Gasteiger partial charge >= 0.3 is 79.8 Å². The van der Waals surface area contributed by atoms with Gasteiger partial charge in [-0.1, -0.05) is 0 Å². The average molecular weight is 266 g/mol. The van der Waals surface area contributed by atoms with E-state index in [0.717, 1.165) is 12.1 Å². The second-order valence-electron chi connectivity index (χ2n) is 2.24. The first-order valence-electron chi connectivity index (χ1n) is 3.30. The first-order chi connectivity index (χ1) is 6.40. The van der Waals surface area contributed by atoms with Crippen molar-refractivity contribution in [2.24, 2.45) is 0 Å². The Hall–Kier alpha value is -1.50. The van der Waals surface area contributed by atoms with Gasteiger partial charge in [-0.3, -0.25) is 0 Å².